The van der Waals surface area contributed by atoms with E-state index in [4.69, 9.17) is 0 Å². The van der Waals surface area contributed by atoms with Gasteiger partial charge in [-0.2, -0.15) is 0 Å². The van der Waals surface area contributed by atoms with Gasteiger partial charge in [0.05, 0.1) is 5.75 Å². The van der Waals surface area contributed by atoms with Crippen molar-refractivity contribution in [2.45, 2.75) is 44.8 Å². The SMILES string of the molecule is CC(C)N(C(=O)CSc1ccc(NC(=O)c2cccc(F)c2)nn1)C(C)C. The van der Waals surface area contributed by atoms with Crippen molar-refractivity contribution in [2.75, 3.05) is 11.1 Å². The molecule has 0 spiro atoms. The van der Waals surface area contributed by atoms with Crippen molar-refractivity contribution in [2.24, 2.45) is 0 Å². The molecule has 0 bridgehead atoms. The largest absolute Gasteiger partial charge is 0.337 e. The minimum atomic E-state index is -0.484. The molecule has 0 unspecified atom stereocenters. The standard InChI is InChI=1S/C19H23FN4O2S/c1-12(2)24(13(3)4)18(25)11-27-17-9-8-16(22-23-17)21-19(26)14-6-5-7-15(20)10-14/h5-10,12-13H,11H2,1-4H3,(H,21,22,26). The van der Waals surface area contributed by atoms with Crippen LogP contribution in [0.2, 0.25) is 0 Å². The Kier molecular flexibility index (Phi) is 7.29. The van der Waals surface area contributed by atoms with Crippen molar-refractivity contribution in [3.05, 3.63) is 47.8 Å². The minimum Gasteiger partial charge on any atom is -0.337 e. The zero-order valence-electron chi connectivity index (χ0n) is 15.8. The maximum atomic E-state index is 13.2. The first kappa shape index (κ1) is 20.8. The second-order valence-corrected chi connectivity index (χ2v) is 7.49. The smallest absolute Gasteiger partial charge is 0.256 e. The average molecular weight is 390 g/mol. The quantitative estimate of drug-likeness (QED) is 0.731. The molecule has 1 aromatic carbocycles. The van der Waals surface area contributed by atoms with Crippen molar-refractivity contribution in [1.82, 2.24) is 15.1 Å². The summed E-state index contributed by atoms with van der Waals surface area (Å²) < 4.78 is 13.2. The molecule has 1 N–H and O–H groups in total. The van der Waals surface area contributed by atoms with E-state index in [1.165, 1.54) is 30.0 Å². The average Bonchev–Trinajstić information content (AvgIpc) is 2.60. The van der Waals surface area contributed by atoms with Crippen LogP contribution in [0.1, 0.15) is 38.1 Å². The highest BCUT2D eigenvalue weighted by Gasteiger charge is 2.20. The molecule has 0 aliphatic carbocycles. The summed E-state index contributed by atoms with van der Waals surface area (Å²) in [7, 11) is 0. The Labute approximate surface area is 162 Å². The molecule has 0 fully saturated rings. The monoisotopic (exact) mass is 390 g/mol. The number of nitrogens with one attached hydrogen (secondary N) is 1. The molecule has 0 saturated carbocycles. The molecule has 0 aliphatic heterocycles. The first-order valence-corrected chi connectivity index (χ1v) is 9.61. The van der Waals surface area contributed by atoms with Crippen molar-refractivity contribution in [3.8, 4) is 0 Å². The molecular weight excluding hydrogens is 367 g/mol. The second kappa shape index (κ2) is 9.45. The van der Waals surface area contributed by atoms with Crippen LogP contribution in [-0.4, -0.2) is 44.7 Å². The fraction of sp³-hybridized carbons (Fsp3) is 0.368. The number of benzene rings is 1. The summed E-state index contributed by atoms with van der Waals surface area (Å²) in [5.74, 6) is -0.396. The van der Waals surface area contributed by atoms with E-state index in [1.807, 2.05) is 32.6 Å². The van der Waals surface area contributed by atoms with Crippen LogP contribution in [0, 0.1) is 5.82 Å². The van der Waals surface area contributed by atoms with Crippen LogP contribution < -0.4 is 5.32 Å². The van der Waals surface area contributed by atoms with Crippen LogP contribution in [0.3, 0.4) is 0 Å². The van der Waals surface area contributed by atoms with Crippen LogP contribution in [0.4, 0.5) is 10.2 Å². The lowest BCUT2D eigenvalue weighted by atomic mass is 10.2. The number of anilines is 1. The van der Waals surface area contributed by atoms with Gasteiger partial charge in [-0.25, -0.2) is 4.39 Å². The van der Waals surface area contributed by atoms with E-state index in [1.54, 1.807) is 12.1 Å². The topological polar surface area (TPSA) is 75.2 Å². The number of halogens is 1. The van der Waals surface area contributed by atoms with Crippen molar-refractivity contribution >= 4 is 29.4 Å². The first-order chi connectivity index (χ1) is 12.8. The Balaban J connectivity index is 1.93. The molecule has 1 aromatic heterocycles. The first-order valence-electron chi connectivity index (χ1n) is 8.62. The van der Waals surface area contributed by atoms with Crippen LogP contribution in [0.25, 0.3) is 0 Å². The van der Waals surface area contributed by atoms with Gasteiger partial charge in [-0.1, -0.05) is 17.8 Å². The Bertz CT molecular complexity index is 789. The van der Waals surface area contributed by atoms with Gasteiger partial charge < -0.3 is 10.2 Å². The molecule has 1 heterocycles. The van der Waals surface area contributed by atoms with Gasteiger partial charge in [-0.15, -0.1) is 10.2 Å². The number of thioether (sulfide) groups is 1. The maximum absolute atomic E-state index is 13.2. The number of hydrogen-bond acceptors (Lipinski definition) is 5. The van der Waals surface area contributed by atoms with Gasteiger partial charge in [0.25, 0.3) is 5.91 Å². The van der Waals surface area contributed by atoms with Crippen LogP contribution >= 0.6 is 11.8 Å². The lowest BCUT2D eigenvalue weighted by molar-refractivity contribution is -0.131. The highest BCUT2D eigenvalue weighted by Crippen LogP contribution is 2.18. The lowest BCUT2D eigenvalue weighted by Gasteiger charge is -2.30. The summed E-state index contributed by atoms with van der Waals surface area (Å²) in [6.07, 6.45) is 0. The Hall–Kier alpha value is -2.48. The number of nitrogens with zero attached hydrogens (tertiary/aromatic N) is 3. The summed E-state index contributed by atoms with van der Waals surface area (Å²) >= 11 is 1.29. The predicted molar refractivity (Wildman–Crippen MR) is 104 cm³/mol. The molecule has 8 heteroatoms. The molecular formula is C19H23FN4O2S. The van der Waals surface area contributed by atoms with E-state index in [2.05, 4.69) is 15.5 Å². The highest BCUT2D eigenvalue weighted by atomic mass is 32.2. The fourth-order valence-electron chi connectivity index (χ4n) is 2.66. The van der Waals surface area contributed by atoms with E-state index < -0.39 is 11.7 Å². The van der Waals surface area contributed by atoms with Crippen molar-refractivity contribution in [1.29, 1.82) is 0 Å². The maximum Gasteiger partial charge on any atom is 0.256 e. The molecule has 0 saturated heterocycles. The summed E-state index contributed by atoms with van der Waals surface area (Å²) in [4.78, 5) is 26.3. The summed E-state index contributed by atoms with van der Waals surface area (Å²) in [6, 6.07) is 8.92. The summed E-state index contributed by atoms with van der Waals surface area (Å²) in [6.45, 7) is 7.94. The van der Waals surface area contributed by atoms with Gasteiger partial charge in [0.2, 0.25) is 5.91 Å². The third-order valence-corrected chi connectivity index (χ3v) is 4.62. The number of carbonyl (C=O) groups is 2. The molecule has 2 aromatic rings. The zero-order valence-corrected chi connectivity index (χ0v) is 16.6. The molecule has 0 atom stereocenters. The summed E-state index contributed by atoms with van der Waals surface area (Å²) in [5.41, 5.74) is 0.198. The number of rotatable bonds is 7. The molecule has 144 valence electrons. The normalized spacial score (nSPS) is 10.9. The molecule has 6 nitrogen and oxygen atoms in total. The second-order valence-electron chi connectivity index (χ2n) is 6.50. The van der Waals surface area contributed by atoms with Gasteiger partial charge in [0, 0.05) is 17.6 Å². The van der Waals surface area contributed by atoms with Crippen LogP contribution in [0.15, 0.2) is 41.4 Å². The molecule has 2 amide bonds. The number of amides is 2. The molecule has 0 radical (unpaired) electrons. The molecule has 0 aliphatic rings. The molecule has 27 heavy (non-hydrogen) atoms. The molecule has 2 rings (SSSR count). The van der Waals surface area contributed by atoms with Crippen molar-refractivity contribution in [3.63, 3.8) is 0 Å². The number of hydrogen-bond donors (Lipinski definition) is 1. The third kappa shape index (κ3) is 6.02. The Morgan fingerprint density at radius 1 is 1.11 bits per heavy atom. The van der Waals surface area contributed by atoms with Gasteiger partial charge in [-0.3, -0.25) is 9.59 Å². The number of aromatic nitrogens is 2. The van der Waals surface area contributed by atoms with E-state index >= 15 is 0 Å². The van der Waals surface area contributed by atoms with E-state index in [0.29, 0.717) is 5.03 Å². The van der Waals surface area contributed by atoms with Crippen LogP contribution in [-0.2, 0) is 4.79 Å². The van der Waals surface area contributed by atoms with Gasteiger partial charge in [-0.05, 0) is 58.0 Å². The van der Waals surface area contributed by atoms with Gasteiger partial charge >= 0.3 is 0 Å². The summed E-state index contributed by atoms with van der Waals surface area (Å²) in [5, 5.41) is 11.1. The number of carbonyl (C=O) groups excluding carboxylic acids is 2. The highest BCUT2D eigenvalue weighted by molar-refractivity contribution is 7.99. The van der Waals surface area contributed by atoms with Crippen LogP contribution in [0.5, 0.6) is 0 Å². The zero-order chi connectivity index (χ0) is 20.0. The van der Waals surface area contributed by atoms with Gasteiger partial charge in [0.1, 0.15) is 10.8 Å². The lowest BCUT2D eigenvalue weighted by Crippen LogP contribution is -2.43. The Morgan fingerprint density at radius 3 is 2.37 bits per heavy atom. The van der Waals surface area contributed by atoms with Crippen molar-refractivity contribution < 1.29 is 14.0 Å². The Morgan fingerprint density at radius 2 is 1.81 bits per heavy atom. The van der Waals surface area contributed by atoms with E-state index in [9.17, 15) is 14.0 Å². The van der Waals surface area contributed by atoms with E-state index in [-0.39, 0.29) is 35.1 Å². The third-order valence-electron chi connectivity index (χ3n) is 3.71. The van der Waals surface area contributed by atoms with E-state index in [0.717, 1.165) is 6.07 Å². The minimum absolute atomic E-state index is 0.0373. The fourth-order valence-corrected chi connectivity index (χ4v) is 3.35. The predicted octanol–water partition coefficient (Wildman–Crippen LogP) is 3.61. The van der Waals surface area contributed by atoms with Gasteiger partial charge in [0.15, 0.2) is 5.82 Å².